The summed E-state index contributed by atoms with van der Waals surface area (Å²) in [5, 5.41) is 0. The number of hydrogen-bond acceptors (Lipinski definition) is 1. The highest BCUT2D eigenvalue weighted by atomic mass is 127. The molecule has 0 aromatic heterocycles. The molecule has 0 saturated heterocycles. The van der Waals surface area contributed by atoms with Crippen molar-refractivity contribution in [1.82, 2.24) is 0 Å². The van der Waals surface area contributed by atoms with Crippen LogP contribution in [0.1, 0.15) is 72.6 Å². The standard InChI is InChI=1S/C26H41IOS/c1-18-12-15-26(17-27)19(16-18)8-9-20-21-10-11-23(25(21,5)14-13-22(20)26)28-29(6,7)24(2,3)4/h13,16,20-21,23H,1,8-12,14-15,17H2,2-7H3/t20?,21?,23-,25?,26+/m0/s1. The normalized spacial score (nSPS) is 40.5. The van der Waals surface area contributed by atoms with Crippen LogP contribution in [0.25, 0.3) is 0 Å². The molecule has 3 unspecified atom stereocenters. The zero-order valence-corrected chi connectivity index (χ0v) is 22.4. The lowest BCUT2D eigenvalue weighted by Crippen LogP contribution is -2.47. The molecule has 0 spiro atoms. The molecule has 0 radical (unpaired) electrons. The molecular weight excluding hydrogens is 487 g/mol. The van der Waals surface area contributed by atoms with Crippen LogP contribution >= 0.6 is 32.9 Å². The smallest absolute Gasteiger partial charge is 0.0760 e. The predicted octanol–water partition coefficient (Wildman–Crippen LogP) is 8.00. The fourth-order valence-electron chi connectivity index (χ4n) is 6.54. The second kappa shape index (κ2) is 7.40. The van der Waals surface area contributed by atoms with Crippen LogP contribution in [0.2, 0.25) is 0 Å². The Balaban J connectivity index is 1.66. The average molecular weight is 529 g/mol. The van der Waals surface area contributed by atoms with E-state index in [1.165, 1.54) is 54.9 Å². The first-order chi connectivity index (χ1) is 13.4. The summed E-state index contributed by atoms with van der Waals surface area (Å²) in [6.45, 7) is 13.9. The maximum Gasteiger partial charge on any atom is 0.0760 e. The predicted molar refractivity (Wildman–Crippen MR) is 138 cm³/mol. The van der Waals surface area contributed by atoms with E-state index in [0.717, 1.165) is 11.8 Å². The molecule has 4 rings (SSSR count). The number of rotatable bonds is 3. The van der Waals surface area contributed by atoms with Crippen molar-refractivity contribution in [3.05, 3.63) is 35.5 Å². The first-order valence-electron chi connectivity index (χ1n) is 11.5. The van der Waals surface area contributed by atoms with Gasteiger partial charge in [-0.1, -0.05) is 85.7 Å². The topological polar surface area (TPSA) is 9.23 Å². The minimum atomic E-state index is -1.08. The van der Waals surface area contributed by atoms with Crippen LogP contribution in [0.5, 0.6) is 0 Å². The van der Waals surface area contributed by atoms with Gasteiger partial charge in [0.15, 0.2) is 0 Å². The van der Waals surface area contributed by atoms with Gasteiger partial charge in [-0.15, -0.1) is 10.3 Å². The summed E-state index contributed by atoms with van der Waals surface area (Å²) >= 11 is 2.67. The largest absolute Gasteiger partial charge is 0.333 e. The average Bonchev–Trinajstić information content (AvgIpc) is 2.96. The Hall–Kier alpha value is 0.260. The lowest BCUT2D eigenvalue weighted by Gasteiger charge is -2.55. The Bertz CT molecular complexity index is 757. The monoisotopic (exact) mass is 528 g/mol. The van der Waals surface area contributed by atoms with Crippen LogP contribution in [-0.2, 0) is 4.18 Å². The van der Waals surface area contributed by atoms with Crippen molar-refractivity contribution in [3.63, 3.8) is 0 Å². The Kier molecular flexibility index (Phi) is 5.73. The molecule has 0 bridgehead atoms. The minimum absolute atomic E-state index is 0.234. The molecule has 0 aromatic rings. The fraction of sp³-hybridized carbons (Fsp3) is 0.769. The second-order valence-corrected chi connectivity index (χ2v) is 16.3. The van der Waals surface area contributed by atoms with Crippen LogP contribution in [0.4, 0.5) is 0 Å². The fourth-order valence-corrected chi connectivity index (χ4v) is 9.04. The molecule has 0 aliphatic heterocycles. The maximum atomic E-state index is 7.02. The number of alkyl halides is 1. The quantitative estimate of drug-likeness (QED) is 0.205. The molecule has 5 atom stereocenters. The third-order valence-corrected chi connectivity index (χ3v) is 14.1. The molecule has 0 aromatic carbocycles. The molecule has 4 aliphatic rings. The van der Waals surface area contributed by atoms with Gasteiger partial charge in [-0.05, 0) is 69.3 Å². The Morgan fingerprint density at radius 2 is 1.93 bits per heavy atom. The van der Waals surface area contributed by atoms with Gasteiger partial charge in [0.25, 0.3) is 0 Å². The summed E-state index contributed by atoms with van der Waals surface area (Å²) in [6, 6.07) is 0. The highest BCUT2D eigenvalue weighted by Crippen LogP contribution is 2.66. The Morgan fingerprint density at radius 1 is 1.21 bits per heavy atom. The van der Waals surface area contributed by atoms with Gasteiger partial charge in [0.1, 0.15) is 0 Å². The summed E-state index contributed by atoms with van der Waals surface area (Å²) in [5.74, 6) is 1.57. The molecule has 2 fully saturated rings. The van der Waals surface area contributed by atoms with E-state index < -0.39 is 10.3 Å². The van der Waals surface area contributed by atoms with Crippen molar-refractivity contribution in [3.8, 4) is 0 Å². The summed E-state index contributed by atoms with van der Waals surface area (Å²) in [6.07, 6.45) is 19.2. The third-order valence-electron chi connectivity index (χ3n) is 9.17. The van der Waals surface area contributed by atoms with Crippen LogP contribution in [0, 0.1) is 22.7 Å². The van der Waals surface area contributed by atoms with Crippen LogP contribution in [0.3, 0.4) is 0 Å². The van der Waals surface area contributed by atoms with E-state index in [2.05, 4.69) is 81.5 Å². The van der Waals surface area contributed by atoms with Gasteiger partial charge in [-0.25, -0.2) is 0 Å². The second-order valence-electron chi connectivity index (χ2n) is 11.7. The van der Waals surface area contributed by atoms with Gasteiger partial charge in [0.05, 0.1) is 6.10 Å². The number of hydrogen-bond donors (Lipinski definition) is 0. The van der Waals surface area contributed by atoms with Gasteiger partial charge in [0.2, 0.25) is 0 Å². The molecule has 1 nitrogen and oxygen atoms in total. The summed E-state index contributed by atoms with van der Waals surface area (Å²) in [5.41, 5.74) is 5.50. The molecule has 4 aliphatic carbocycles. The van der Waals surface area contributed by atoms with Crippen molar-refractivity contribution < 1.29 is 4.18 Å². The molecule has 0 N–H and O–H groups in total. The van der Waals surface area contributed by atoms with Crippen molar-refractivity contribution in [1.29, 1.82) is 0 Å². The third kappa shape index (κ3) is 3.44. The lowest BCUT2D eigenvalue weighted by atomic mass is 9.52. The van der Waals surface area contributed by atoms with Gasteiger partial charge < -0.3 is 4.18 Å². The zero-order chi connectivity index (χ0) is 21.2. The van der Waals surface area contributed by atoms with Crippen molar-refractivity contribution in [2.45, 2.75) is 83.5 Å². The molecule has 29 heavy (non-hydrogen) atoms. The van der Waals surface area contributed by atoms with E-state index in [4.69, 9.17) is 4.18 Å². The van der Waals surface area contributed by atoms with Crippen molar-refractivity contribution >= 4 is 32.9 Å². The molecule has 0 heterocycles. The Morgan fingerprint density at radius 3 is 2.59 bits per heavy atom. The number of fused-ring (bicyclic) bond motifs is 5. The highest BCUT2D eigenvalue weighted by Gasteiger charge is 2.57. The van der Waals surface area contributed by atoms with Gasteiger partial charge in [-0.3, -0.25) is 0 Å². The van der Waals surface area contributed by atoms with Crippen LogP contribution < -0.4 is 0 Å². The van der Waals surface area contributed by atoms with Crippen molar-refractivity contribution in [2.75, 3.05) is 16.9 Å². The summed E-state index contributed by atoms with van der Waals surface area (Å²) in [7, 11) is -1.08. The van der Waals surface area contributed by atoms with Crippen LogP contribution in [0.15, 0.2) is 35.5 Å². The lowest BCUT2D eigenvalue weighted by molar-refractivity contribution is 0.0362. The first-order valence-corrected chi connectivity index (χ1v) is 15.4. The van der Waals surface area contributed by atoms with E-state index in [0.29, 0.717) is 16.9 Å². The first kappa shape index (κ1) is 22.5. The molecule has 3 heteroatoms. The zero-order valence-electron chi connectivity index (χ0n) is 19.4. The number of allylic oxidation sites excluding steroid dienone is 5. The maximum absolute atomic E-state index is 7.02. The summed E-state index contributed by atoms with van der Waals surface area (Å²) < 4.78 is 8.48. The summed E-state index contributed by atoms with van der Waals surface area (Å²) in [4.78, 5) is 0. The van der Waals surface area contributed by atoms with Gasteiger partial charge in [0, 0.05) is 20.0 Å². The molecular formula is C26H41IOS. The van der Waals surface area contributed by atoms with E-state index in [1.807, 2.05) is 5.57 Å². The molecule has 164 valence electrons. The van der Waals surface area contributed by atoms with E-state index >= 15 is 0 Å². The molecule has 2 saturated carbocycles. The van der Waals surface area contributed by atoms with Crippen molar-refractivity contribution in [2.24, 2.45) is 22.7 Å². The van der Waals surface area contributed by atoms with E-state index in [1.54, 1.807) is 5.57 Å². The Labute approximate surface area is 194 Å². The van der Waals surface area contributed by atoms with Gasteiger partial charge in [-0.2, -0.15) is 0 Å². The van der Waals surface area contributed by atoms with E-state index in [9.17, 15) is 0 Å². The number of halogens is 1. The van der Waals surface area contributed by atoms with Gasteiger partial charge >= 0.3 is 0 Å². The SMILES string of the molecule is C=C1C=C2CCC3C(=CCC4(C)C3CC[C@@H]4OS(C)(C)C(C)(C)C)[C@@]2(CI)CC1. The molecule has 0 amide bonds. The minimum Gasteiger partial charge on any atom is -0.333 e. The van der Waals surface area contributed by atoms with E-state index in [-0.39, 0.29) is 4.75 Å². The highest BCUT2D eigenvalue weighted by molar-refractivity contribution is 14.1. The van der Waals surface area contributed by atoms with Crippen LogP contribution in [-0.4, -0.2) is 27.8 Å².